The van der Waals surface area contributed by atoms with Crippen LogP contribution in [0, 0.1) is 5.82 Å². The number of carbonyl (C=O) groups is 2. The number of rotatable bonds is 8. The average Bonchev–Trinajstić information content (AvgIpc) is 3.13. The van der Waals surface area contributed by atoms with Gasteiger partial charge in [0.05, 0.1) is 12.0 Å². The van der Waals surface area contributed by atoms with E-state index in [0.717, 1.165) is 35.1 Å². The molecule has 1 aliphatic heterocycles. The molecule has 1 aliphatic rings. The summed E-state index contributed by atoms with van der Waals surface area (Å²) in [6, 6.07) is 18.0. The van der Waals surface area contributed by atoms with Crippen LogP contribution in [0.2, 0.25) is 0 Å². The van der Waals surface area contributed by atoms with E-state index in [1.54, 1.807) is 19.2 Å². The van der Waals surface area contributed by atoms with Crippen LogP contribution in [-0.4, -0.2) is 40.4 Å². The molecule has 2 amide bonds. The van der Waals surface area contributed by atoms with Crippen molar-refractivity contribution in [2.75, 3.05) is 20.2 Å². The maximum Gasteiger partial charge on any atom is 0.263 e. The third kappa shape index (κ3) is 5.09. The highest BCUT2D eigenvalue weighted by atomic mass is 32.2. The fraction of sp³-hybridized carbons (Fsp3) is 0.154. The number of nitrogens with one attached hydrogen (secondary N) is 2. The fourth-order valence-electron chi connectivity index (χ4n) is 3.77. The van der Waals surface area contributed by atoms with Gasteiger partial charge in [0.1, 0.15) is 16.5 Å². The van der Waals surface area contributed by atoms with Gasteiger partial charge in [-0.2, -0.15) is 0 Å². The van der Waals surface area contributed by atoms with Crippen LogP contribution >= 0.6 is 0 Å². The summed E-state index contributed by atoms with van der Waals surface area (Å²) in [4.78, 5) is 24.3. The lowest BCUT2D eigenvalue weighted by atomic mass is 10.0. The Morgan fingerprint density at radius 3 is 2.31 bits per heavy atom. The van der Waals surface area contributed by atoms with E-state index in [4.69, 9.17) is 4.74 Å². The number of hydrogen-bond acceptors (Lipinski definition) is 5. The fourth-order valence-corrected chi connectivity index (χ4v) is 5.28. The van der Waals surface area contributed by atoms with Crippen LogP contribution in [0.25, 0.3) is 17.2 Å². The molecule has 0 radical (unpaired) electrons. The van der Waals surface area contributed by atoms with E-state index < -0.39 is 26.5 Å². The van der Waals surface area contributed by atoms with Crippen LogP contribution in [0.15, 0.2) is 76.5 Å². The second-order valence-corrected chi connectivity index (χ2v) is 9.72. The zero-order chi connectivity index (χ0) is 25.0. The lowest BCUT2D eigenvalue weighted by molar-refractivity contribution is -0.116. The summed E-state index contributed by atoms with van der Waals surface area (Å²) in [6.07, 6.45) is 1.56. The van der Waals surface area contributed by atoms with Crippen molar-refractivity contribution >= 4 is 27.7 Å². The SMILES string of the molecule is COc1ccccc1-c1ccc(C(=O)NCCCNC(=O)C2=Cc3cc(F)ccc3S2(=O)=O)cc1. The van der Waals surface area contributed by atoms with Crippen molar-refractivity contribution in [3.05, 3.63) is 88.6 Å². The molecule has 1 heterocycles. The predicted molar refractivity (Wildman–Crippen MR) is 130 cm³/mol. The summed E-state index contributed by atoms with van der Waals surface area (Å²) in [5.41, 5.74) is 2.48. The molecule has 9 heteroatoms. The molecule has 0 spiro atoms. The minimum Gasteiger partial charge on any atom is -0.496 e. The molecule has 35 heavy (non-hydrogen) atoms. The summed E-state index contributed by atoms with van der Waals surface area (Å²) in [5, 5.41) is 5.31. The number of carbonyl (C=O) groups excluding carboxylic acids is 2. The van der Waals surface area contributed by atoms with Crippen LogP contribution in [0.4, 0.5) is 4.39 Å². The Morgan fingerprint density at radius 1 is 0.914 bits per heavy atom. The average molecular weight is 495 g/mol. The molecular weight excluding hydrogens is 471 g/mol. The molecule has 0 saturated carbocycles. The van der Waals surface area contributed by atoms with Crippen molar-refractivity contribution < 1.29 is 27.1 Å². The summed E-state index contributed by atoms with van der Waals surface area (Å²) in [7, 11) is -2.37. The molecule has 0 aliphatic carbocycles. The zero-order valence-electron chi connectivity index (χ0n) is 18.9. The van der Waals surface area contributed by atoms with E-state index in [0.29, 0.717) is 12.0 Å². The van der Waals surface area contributed by atoms with Crippen LogP contribution in [0.1, 0.15) is 22.3 Å². The van der Waals surface area contributed by atoms with E-state index in [9.17, 15) is 22.4 Å². The molecule has 0 saturated heterocycles. The minimum absolute atomic E-state index is 0.0898. The number of hydrogen-bond donors (Lipinski definition) is 2. The van der Waals surface area contributed by atoms with Crippen molar-refractivity contribution in [3.63, 3.8) is 0 Å². The molecule has 3 aromatic rings. The van der Waals surface area contributed by atoms with Crippen molar-refractivity contribution in [1.82, 2.24) is 10.6 Å². The van der Waals surface area contributed by atoms with E-state index in [2.05, 4.69) is 10.6 Å². The van der Waals surface area contributed by atoms with Gasteiger partial charge in [0.25, 0.3) is 11.8 Å². The Bertz CT molecular complexity index is 1420. The first-order chi connectivity index (χ1) is 16.8. The topological polar surface area (TPSA) is 102 Å². The summed E-state index contributed by atoms with van der Waals surface area (Å²) >= 11 is 0. The highest BCUT2D eigenvalue weighted by Gasteiger charge is 2.34. The van der Waals surface area contributed by atoms with Gasteiger partial charge in [0.15, 0.2) is 0 Å². The number of amides is 2. The predicted octanol–water partition coefficient (Wildman–Crippen LogP) is 3.57. The van der Waals surface area contributed by atoms with Crippen LogP contribution in [0.5, 0.6) is 5.75 Å². The molecule has 0 unspecified atom stereocenters. The van der Waals surface area contributed by atoms with Crippen LogP contribution in [0.3, 0.4) is 0 Å². The smallest absolute Gasteiger partial charge is 0.263 e. The highest BCUT2D eigenvalue weighted by Crippen LogP contribution is 2.33. The third-order valence-electron chi connectivity index (χ3n) is 5.55. The number of sulfone groups is 1. The van der Waals surface area contributed by atoms with Crippen molar-refractivity contribution in [2.24, 2.45) is 0 Å². The quantitative estimate of drug-likeness (QED) is 0.368. The molecule has 3 aromatic carbocycles. The number of halogens is 1. The zero-order valence-corrected chi connectivity index (χ0v) is 19.7. The Hall–Kier alpha value is -3.98. The largest absolute Gasteiger partial charge is 0.496 e. The third-order valence-corrected chi connectivity index (χ3v) is 7.38. The van der Waals surface area contributed by atoms with Crippen LogP contribution < -0.4 is 15.4 Å². The molecular formula is C26H23FN2O5S. The molecule has 7 nitrogen and oxygen atoms in total. The minimum atomic E-state index is -3.98. The Balaban J connectivity index is 1.26. The van der Waals surface area contributed by atoms with Gasteiger partial charge in [0, 0.05) is 24.2 Å². The van der Waals surface area contributed by atoms with Gasteiger partial charge in [-0.1, -0.05) is 30.3 Å². The number of fused-ring (bicyclic) bond motifs is 1. The molecule has 0 atom stereocenters. The van der Waals surface area contributed by atoms with Crippen LogP contribution in [-0.2, 0) is 14.6 Å². The second kappa shape index (κ2) is 10.1. The van der Waals surface area contributed by atoms with E-state index >= 15 is 0 Å². The van der Waals surface area contributed by atoms with Gasteiger partial charge in [0.2, 0.25) is 9.84 Å². The number of methoxy groups -OCH3 is 1. The van der Waals surface area contributed by atoms with E-state index in [1.165, 1.54) is 6.08 Å². The van der Waals surface area contributed by atoms with E-state index in [-0.39, 0.29) is 29.5 Å². The number of ether oxygens (including phenoxy) is 1. The monoisotopic (exact) mass is 494 g/mol. The molecule has 180 valence electrons. The summed E-state index contributed by atoms with van der Waals surface area (Å²) in [5.74, 6) is -0.868. The van der Waals surface area contributed by atoms with Gasteiger partial charge in [-0.15, -0.1) is 0 Å². The molecule has 0 aromatic heterocycles. The maximum atomic E-state index is 13.4. The first-order valence-corrected chi connectivity index (χ1v) is 12.4. The van der Waals surface area contributed by atoms with E-state index in [1.807, 2.05) is 36.4 Å². The van der Waals surface area contributed by atoms with Gasteiger partial charge < -0.3 is 15.4 Å². The molecule has 4 rings (SSSR count). The Labute approximate surface area is 202 Å². The molecule has 2 N–H and O–H groups in total. The summed E-state index contributed by atoms with van der Waals surface area (Å²) in [6.45, 7) is 0.439. The first-order valence-electron chi connectivity index (χ1n) is 10.9. The highest BCUT2D eigenvalue weighted by molar-refractivity contribution is 7.96. The first kappa shape index (κ1) is 24.2. The lowest BCUT2D eigenvalue weighted by Crippen LogP contribution is -2.31. The molecule has 0 bridgehead atoms. The second-order valence-electron chi connectivity index (χ2n) is 7.84. The Morgan fingerprint density at radius 2 is 1.60 bits per heavy atom. The van der Waals surface area contributed by atoms with Crippen molar-refractivity contribution in [2.45, 2.75) is 11.3 Å². The normalized spacial score (nSPS) is 13.5. The lowest BCUT2D eigenvalue weighted by Gasteiger charge is -2.10. The van der Waals surface area contributed by atoms with Gasteiger partial charge in [-0.25, -0.2) is 12.8 Å². The van der Waals surface area contributed by atoms with Gasteiger partial charge in [-0.05, 0) is 60.0 Å². The number of benzene rings is 3. The Kier molecular flexibility index (Phi) is 6.97. The van der Waals surface area contributed by atoms with Gasteiger partial charge in [-0.3, -0.25) is 9.59 Å². The van der Waals surface area contributed by atoms with Gasteiger partial charge >= 0.3 is 0 Å². The summed E-state index contributed by atoms with van der Waals surface area (Å²) < 4.78 is 43.8. The number of para-hydroxylation sites is 1. The standard InChI is InChI=1S/C26H23FN2O5S/c1-34-22-6-3-2-5-21(22)17-7-9-18(10-8-17)25(30)28-13-4-14-29-26(31)24-16-19-15-20(27)11-12-23(19)35(24,32)33/h2-3,5-12,15-16H,4,13-14H2,1H3,(H,28,30)(H,29,31). The van der Waals surface area contributed by atoms with Crippen molar-refractivity contribution in [1.29, 1.82) is 0 Å². The molecule has 0 fully saturated rings. The maximum absolute atomic E-state index is 13.4. The van der Waals surface area contributed by atoms with Crippen molar-refractivity contribution in [3.8, 4) is 16.9 Å².